The number of hydrogen-bond donors (Lipinski definition) is 1. The van der Waals surface area contributed by atoms with E-state index in [1.54, 1.807) is 6.07 Å². The Bertz CT molecular complexity index is 657. The SMILES string of the molecule is Fc1ccc(C2Cc3cc(Cl)cc(F)c3N2)cc1F. The number of fused-ring (bicyclic) bond motifs is 1. The fourth-order valence-electron chi connectivity index (χ4n) is 2.33. The Morgan fingerprint density at radius 2 is 1.79 bits per heavy atom. The molecule has 1 heterocycles. The molecule has 5 heteroatoms. The van der Waals surface area contributed by atoms with E-state index in [1.807, 2.05) is 0 Å². The van der Waals surface area contributed by atoms with Crippen LogP contribution < -0.4 is 5.32 Å². The molecule has 1 unspecified atom stereocenters. The molecule has 2 aromatic rings. The molecule has 1 atom stereocenters. The van der Waals surface area contributed by atoms with E-state index in [1.165, 1.54) is 12.1 Å². The van der Waals surface area contributed by atoms with Crippen molar-refractivity contribution < 1.29 is 13.2 Å². The van der Waals surface area contributed by atoms with E-state index in [0.29, 0.717) is 22.7 Å². The van der Waals surface area contributed by atoms with Crippen molar-refractivity contribution in [3.8, 4) is 0 Å². The summed E-state index contributed by atoms with van der Waals surface area (Å²) in [5.74, 6) is -2.24. The van der Waals surface area contributed by atoms with Crippen LogP contribution in [0.4, 0.5) is 18.9 Å². The molecule has 19 heavy (non-hydrogen) atoms. The summed E-state index contributed by atoms with van der Waals surface area (Å²) >= 11 is 5.79. The number of anilines is 1. The lowest BCUT2D eigenvalue weighted by atomic mass is 10.0. The van der Waals surface area contributed by atoms with Crippen LogP contribution in [0.25, 0.3) is 0 Å². The summed E-state index contributed by atoms with van der Waals surface area (Å²) in [5, 5.41) is 3.29. The van der Waals surface area contributed by atoms with Gasteiger partial charge in [0.25, 0.3) is 0 Å². The Balaban J connectivity index is 1.95. The van der Waals surface area contributed by atoms with Gasteiger partial charge in [-0.2, -0.15) is 0 Å². The molecule has 1 N–H and O–H groups in total. The predicted molar refractivity (Wildman–Crippen MR) is 67.8 cm³/mol. The van der Waals surface area contributed by atoms with Crippen molar-refractivity contribution in [2.45, 2.75) is 12.5 Å². The molecule has 98 valence electrons. The second-order valence-electron chi connectivity index (χ2n) is 4.50. The molecule has 0 aromatic heterocycles. The maximum absolute atomic E-state index is 13.7. The third-order valence-corrected chi connectivity index (χ3v) is 3.44. The lowest BCUT2D eigenvalue weighted by Crippen LogP contribution is -2.06. The summed E-state index contributed by atoms with van der Waals surface area (Å²) in [5.41, 5.74) is 1.68. The number of benzene rings is 2. The van der Waals surface area contributed by atoms with Gasteiger partial charge in [0, 0.05) is 5.02 Å². The van der Waals surface area contributed by atoms with Gasteiger partial charge in [-0.05, 0) is 41.8 Å². The van der Waals surface area contributed by atoms with Crippen LogP contribution >= 0.6 is 11.6 Å². The van der Waals surface area contributed by atoms with Gasteiger partial charge in [-0.3, -0.25) is 0 Å². The zero-order chi connectivity index (χ0) is 13.6. The maximum Gasteiger partial charge on any atom is 0.159 e. The molecule has 1 aliphatic heterocycles. The first-order chi connectivity index (χ1) is 9.04. The lowest BCUT2D eigenvalue weighted by molar-refractivity contribution is 0.506. The zero-order valence-electron chi connectivity index (χ0n) is 9.68. The minimum atomic E-state index is -0.909. The van der Waals surface area contributed by atoms with Crippen LogP contribution in [0.15, 0.2) is 30.3 Å². The number of rotatable bonds is 1. The Morgan fingerprint density at radius 1 is 1.00 bits per heavy atom. The van der Waals surface area contributed by atoms with Crippen LogP contribution in [0.1, 0.15) is 17.2 Å². The van der Waals surface area contributed by atoms with Crippen molar-refractivity contribution in [2.24, 2.45) is 0 Å². The molecule has 0 spiro atoms. The van der Waals surface area contributed by atoms with E-state index in [4.69, 9.17) is 11.6 Å². The first-order valence-corrected chi connectivity index (χ1v) is 6.12. The number of halogens is 4. The minimum absolute atomic E-state index is 0.280. The van der Waals surface area contributed by atoms with E-state index in [2.05, 4.69) is 5.32 Å². The van der Waals surface area contributed by atoms with Gasteiger partial charge in [0.05, 0.1) is 11.7 Å². The van der Waals surface area contributed by atoms with Crippen LogP contribution in [0, 0.1) is 17.5 Å². The van der Waals surface area contributed by atoms with Crippen molar-refractivity contribution >= 4 is 17.3 Å². The maximum atomic E-state index is 13.7. The molecular formula is C14H9ClF3N. The summed E-state index contributed by atoms with van der Waals surface area (Å²) in [6.07, 6.45) is 0.484. The Morgan fingerprint density at radius 3 is 2.53 bits per heavy atom. The van der Waals surface area contributed by atoms with Crippen molar-refractivity contribution in [3.05, 3.63) is 63.9 Å². The highest BCUT2D eigenvalue weighted by atomic mass is 35.5. The molecule has 1 nitrogen and oxygen atoms in total. The third kappa shape index (κ3) is 2.16. The van der Waals surface area contributed by atoms with Crippen molar-refractivity contribution in [1.82, 2.24) is 0 Å². The highest BCUT2D eigenvalue weighted by Crippen LogP contribution is 2.37. The quantitative estimate of drug-likeness (QED) is 0.814. The standard InChI is InChI=1S/C14H9ClF3N/c15-9-3-8-5-13(19-14(8)12(18)6-9)7-1-2-10(16)11(17)4-7/h1-4,6,13,19H,5H2. The number of nitrogens with one attached hydrogen (secondary N) is 1. The van der Waals surface area contributed by atoms with Crippen LogP contribution in [0.3, 0.4) is 0 Å². The monoisotopic (exact) mass is 283 g/mol. The van der Waals surface area contributed by atoms with Crippen molar-refractivity contribution in [3.63, 3.8) is 0 Å². The minimum Gasteiger partial charge on any atom is -0.375 e. The van der Waals surface area contributed by atoms with Gasteiger partial charge >= 0.3 is 0 Å². The Labute approximate surface area is 113 Å². The fourth-order valence-corrected chi connectivity index (χ4v) is 2.55. The largest absolute Gasteiger partial charge is 0.375 e. The van der Waals surface area contributed by atoms with Gasteiger partial charge in [-0.1, -0.05) is 17.7 Å². The number of hydrogen-bond acceptors (Lipinski definition) is 1. The highest BCUT2D eigenvalue weighted by Gasteiger charge is 2.25. The first-order valence-electron chi connectivity index (χ1n) is 5.74. The predicted octanol–water partition coefficient (Wildman–Crippen LogP) is 4.47. The Kier molecular flexibility index (Phi) is 2.90. The summed E-state index contributed by atoms with van der Waals surface area (Å²) in [4.78, 5) is 0. The molecule has 2 aromatic carbocycles. The van der Waals surface area contributed by atoms with Gasteiger partial charge in [0.15, 0.2) is 11.6 Å². The molecule has 3 rings (SSSR count). The molecule has 0 saturated heterocycles. The molecule has 0 saturated carbocycles. The molecule has 0 aliphatic carbocycles. The summed E-state index contributed by atoms with van der Waals surface area (Å²) < 4.78 is 39.8. The molecule has 0 fully saturated rings. The van der Waals surface area contributed by atoms with Crippen LogP contribution in [-0.4, -0.2) is 0 Å². The smallest absolute Gasteiger partial charge is 0.159 e. The Hall–Kier alpha value is -1.68. The summed E-state index contributed by atoms with van der Waals surface area (Å²) in [6, 6.07) is 6.30. The second-order valence-corrected chi connectivity index (χ2v) is 4.93. The third-order valence-electron chi connectivity index (χ3n) is 3.23. The fraction of sp³-hybridized carbons (Fsp3) is 0.143. The van der Waals surface area contributed by atoms with Gasteiger partial charge < -0.3 is 5.32 Å². The lowest BCUT2D eigenvalue weighted by Gasteiger charge is -2.12. The second kappa shape index (κ2) is 4.46. The highest BCUT2D eigenvalue weighted by molar-refractivity contribution is 6.30. The van der Waals surface area contributed by atoms with Crippen molar-refractivity contribution in [2.75, 3.05) is 5.32 Å². The van der Waals surface area contributed by atoms with E-state index in [9.17, 15) is 13.2 Å². The normalized spacial score (nSPS) is 17.2. The average Bonchev–Trinajstić information content (AvgIpc) is 2.76. The van der Waals surface area contributed by atoms with E-state index < -0.39 is 17.5 Å². The van der Waals surface area contributed by atoms with Gasteiger partial charge in [-0.15, -0.1) is 0 Å². The van der Waals surface area contributed by atoms with Crippen LogP contribution in [0.5, 0.6) is 0 Å². The molecule has 0 bridgehead atoms. The average molecular weight is 284 g/mol. The first kappa shape index (κ1) is 12.4. The summed E-state index contributed by atoms with van der Waals surface area (Å²) in [6.45, 7) is 0. The van der Waals surface area contributed by atoms with Crippen molar-refractivity contribution in [1.29, 1.82) is 0 Å². The van der Waals surface area contributed by atoms with Gasteiger partial charge in [0.2, 0.25) is 0 Å². The van der Waals surface area contributed by atoms with E-state index in [0.717, 1.165) is 17.7 Å². The summed E-state index contributed by atoms with van der Waals surface area (Å²) in [7, 11) is 0. The molecular weight excluding hydrogens is 275 g/mol. The van der Waals surface area contributed by atoms with Crippen LogP contribution in [0.2, 0.25) is 5.02 Å². The van der Waals surface area contributed by atoms with E-state index >= 15 is 0 Å². The zero-order valence-corrected chi connectivity index (χ0v) is 10.4. The van der Waals surface area contributed by atoms with Gasteiger partial charge in [0.1, 0.15) is 5.82 Å². The topological polar surface area (TPSA) is 12.0 Å². The van der Waals surface area contributed by atoms with Gasteiger partial charge in [-0.25, -0.2) is 13.2 Å². The van der Waals surface area contributed by atoms with Crippen LogP contribution in [-0.2, 0) is 6.42 Å². The molecule has 1 aliphatic rings. The van der Waals surface area contributed by atoms with E-state index in [-0.39, 0.29) is 6.04 Å². The molecule has 0 amide bonds. The molecule has 0 radical (unpaired) electrons.